The lowest BCUT2D eigenvalue weighted by Crippen LogP contribution is -2.51. The Bertz CT molecular complexity index is 459. The minimum atomic E-state index is -0.908. The van der Waals surface area contributed by atoms with Gasteiger partial charge in [0, 0.05) is 17.0 Å². The summed E-state index contributed by atoms with van der Waals surface area (Å²) in [5.41, 5.74) is 5.91. The van der Waals surface area contributed by atoms with Gasteiger partial charge in [-0.3, -0.25) is 0 Å². The number of hydrogen-bond donors (Lipinski definition) is 2. The summed E-state index contributed by atoms with van der Waals surface area (Å²) < 4.78 is 0. The molecule has 0 radical (unpaired) electrons. The van der Waals surface area contributed by atoms with Gasteiger partial charge in [-0.05, 0) is 62.1 Å². The van der Waals surface area contributed by atoms with Crippen LogP contribution in [0.15, 0.2) is 24.3 Å². The number of nitrogens with two attached hydrogens (primary N) is 1. The summed E-state index contributed by atoms with van der Waals surface area (Å²) in [5.74, 6) is 1.46. The van der Waals surface area contributed by atoms with Crippen LogP contribution in [0.2, 0.25) is 5.02 Å². The molecule has 21 heavy (non-hydrogen) atoms. The van der Waals surface area contributed by atoms with Gasteiger partial charge in [0.2, 0.25) is 0 Å². The molecule has 1 unspecified atom stereocenters. The molecular formula is C18H28ClNO. The van der Waals surface area contributed by atoms with Gasteiger partial charge in [0.15, 0.2) is 0 Å². The summed E-state index contributed by atoms with van der Waals surface area (Å²) in [6.45, 7) is 7.02. The second-order valence-corrected chi connectivity index (χ2v) is 7.58. The number of benzene rings is 1. The molecule has 1 saturated carbocycles. The van der Waals surface area contributed by atoms with Crippen molar-refractivity contribution in [1.82, 2.24) is 0 Å². The highest BCUT2D eigenvalue weighted by molar-refractivity contribution is 6.30. The third-order valence-electron chi connectivity index (χ3n) is 5.76. The van der Waals surface area contributed by atoms with Gasteiger partial charge < -0.3 is 10.8 Å². The SMILES string of the molecule is CC(C)C1CCC(CN)(C(C)(O)c2ccc(Cl)cc2)CC1. The molecule has 0 aliphatic heterocycles. The Balaban J connectivity index is 2.25. The van der Waals surface area contributed by atoms with Crippen LogP contribution in [0.3, 0.4) is 0 Å². The zero-order valence-corrected chi connectivity index (χ0v) is 14.2. The molecule has 0 spiro atoms. The van der Waals surface area contributed by atoms with E-state index < -0.39 is 5.60 Å². The van der Waals surface area contributed by atoms with E-state index in [1.807, 2.05) is 31.2 Å². The highest BCUT2D eigenvalue weighted by atomic mass is 35.5. The monoisotopic (exact) mass is 309 g/mol. The van der Waals surface area contributed by atoms with Gasteiger partial charge >= 0.3 is 0 Å². The van der Waals surface area contributed by atoms with E-state index >= 15 is 0 Å². The topological polar surface area (TPSA) is 46.2 Å². The van der Waals surface area contributed by atoms with E-state index in [2.05, 4.69) is 13.8 Å². The summed E-state index contributed by atoms with van der Waals surface area (Å²) >= 11 is 5.96. The molecular weight excluding hydrogens is 282 g/mol. The fourth-order valence-electron chi connectivity index (χ4n) is 3.83. The van der Waals surface area contributed by atoms with Gasteiger partial charge in [-0.15, -0.1) is 0 Å². The van der Waals surface area contributed by atoms with Crippen molar-refractivity contribution in [3.63, 3.8) is 0 Å². The molecule has 0 heterocycles. The van der Waals surface area contributed by atoms with Crippen LogP contribution in [0.1, 0.15) is 52.0 Å². The molecule has 1 atom stereocenters. The van der Waals surface area contributed by atoms with Gasteiger partial charge in [0.1, 0.15) is 0 Å². The standard InChI is InChI=1S/C18H28ClNO/c1-13(2)14-8-10-18(12-20,11-9-14)17(3,21)15-4-6-16(19)7-5-15/h4-7,13-14,21H,8-12,20H2,1-3H3. The van der Waals surface area contributed by atoms with E-state index in [0.717, 1.165) is 37.2 Å². The van der Waals surface area contributed by atoms with Gasteiger partial charge in [-0.1, -0.05) is 37.6 Å². The molecule has 0 aromatic heterocycles. The predicted molar refractivity (Wildman–Crippen MR) is 89.3 cm³/mol. The Morgan fingerprint density at radius 3 is 2.24 bits per heavy atom. The van der Waals surface area contributed by atoms with Crippen LogP contribution >= 0.6 is 11.6 Å². The molecule has 0 amide bonds. The van der Waals surface area contributed by atoms with Crippen LogP contribution in [-0.2, 0) is 5.60 Å². The largest absolute Gasteiger partial charge is 0.385 e. The molecule has 2 rings (SSSR count). The van der Waals surface area contributed by atoms with Gasteiger partial charge in [-0.25, -0.2) is 0 Å². The number of aliphatic hydroxyl groups is 1. The van der Waals surface area contributed by atoms with Crippen molar-refractivity contribution in [2.45, 2.75) is 52.1 Å². The third-order valence-corrected chi connectivity index (χ3v) is 6.01. The maximum absolute atomic E-state index is 11.3. The minimum Gasteiger partial charge on any atom is -0.385 e. The van der Waals surface area contributed by atoms with Crippen LogP contribution in [0, 0.1) is 17.3 Å². The first-order valence-corrected chi connectivity index (χ1v) is 8.39. The second kappa shape index (κ2) is 6.28. The molecule has 0 saturated heterocycles. The van der Waals surface area contributed by atoms with E-state index in [1.54, 1.807) is 0 Å². The predicted octanol–water partition coefficient (Wildman–Crippen LogP) is 4.34. The van der Waals surface area contributed by atoms with Gasteiger partial charge in [0.25, 0.3) is 0 Å². The summed E-state index contributed by atoms with van der Waals surface area (Å²) in [7, 11) is 0. The van der Waals surface area contributed by atoms with Crippen LogP contribution < -0.4 is 5.73 Å². The maximum atomic E-state index is 11.3. The van der Waals surface area contributed by atoms with Crippen molar-refractivity contribution < 1.29 is 5.11 Å². The number of rotatable bonds is 4. The molecule has 1 aromatic rings. The first-order chi connectivity index (χ1) is 9.82. The summed E-state index contributed by atoms with van der Waals surface area (Å²) in [4.78, 5) is 0. The van der Waals surface area contributed by atoms with Crippen LogP contribution in [-0.4, -0.2) is 11.7 Å². The zero-order chi connectivity index (χ0) is 15.7. The highest BCUT2D eigenvalue weighted by Crippen LogP contribution is 2.51. The molecule has 1 aliphatic carbocycles. The summed E-state index contributed by atoms with van der Waals surface area (Å²) in [6, 6.07) is 7.53. The van der Waals surface area contributed by atoms with Crippen LogP contribution in [0.4, 0.5) is 0 Å². The molecule has 118 valence electrons. The molecule has 3 N–H and O–H groups in total. The molecule has 1 aromatic carbocycles. The van der Waals surface area contributed by atoms with Gasteiger partial charge in [-0.2, -0.15) is 0 Å². The Labute approximate surface area is 133 Å². The Morgan fingerprint density at radius 2 is 1.81 bits per heavy atom. The lowest BCUT2D eigenvalue weighted by Gasteiger charge is -2.49. The van der Waals surface area contributed by atoms with Crippen molar-refractivity contribution in [2.75, 3.05) is 6.54 Å². The van der Waals surface area contributed by atoms with Crippen molar-refractivity contribution in [2.24, 2.45) is 23.0 Å². The number of halogens is 1. The first kappa shape index (κ1) is 16.8. The number of hydrogen-bond acceptors (Lipinski definition) is 2. The van der Waals surface area contributed by atoms with Crippen LogP contribution in [0.25, 0.3) is 0 Å². The molecule has 3 heteroatoms. The smallest absolute Gasteiger partial charge is 0.0936 e. The fraction of sp³-hybridized carbons (Fsp3) is 0.667. The lowest BCUT2D eigenvalue weighted by molar-refractivity contribution is -0.100. The Hall–Kier alpha value is -0.570. The lowest BCUT2D eigenvalue weighted by atomic mass is 9.59. The quantitative estimate of drug-likeness (QED) is 0.869. The first-order valence-electron chi connectivity index (χ1n) is 8.01. The average Bonchev–Trinajstić information content (AvgIpc) is 2.47. The molecule has 2 nitrogen and oxygen atoms in total. The molecule has 1 aliphatic rings. The maximum Gasteiger partial charge on any atom is 0.0936 e. The van der Waals surface area contributed by atoms with Gasteiger partial charge in [0.05, 0.1) is 5.60 Å². The summed E-state index contributed by atoms with van der Waals surface area (Å²) in [5, 5.41) is 11.9. The van der Waals surface area contributed by atoms with E-state index in [1.165, 1.54) is 0 Å². The van der Waals surface area contributed by atoms with E-state index in [4.69, 9.17) is 17.3 Å². The Morgan fingerprint density at radius 1 is 1.29 bits per heavy atom. The zero-order valence-electron chi connectivity index (χ0n) is 13.4. The normalized spacial score (nSPS) is 29.4. The average molecular weight is 310 g/mol. The summed E-state index contributed by atoms with van der Waals surface area (Å²) in [6.07, 6.45) is 4.28. The van der Waals surface area contributed by atoms with E-state index in [0.29, 0.717) is 17.5 Å². The minimum absolute atomic E-state index is 0.230. The van der Waals surface area contributed by atoms with Crippen LogP contribution in [0.5, 0.6) is 0 Å². The van der Waals surface area contributed by atoms with Crippen molar-refractivity contribution in [1.29, 1.82) is 0 Å². The van der Waals surface area contributed by atoms with Crippen molar-refractivity contribution in [3.05, 3.63) is 34.9 Å². The van der Waals surface area contributed by atoms with Crippen molar-refractivity contribution >= 4 is 11.6 Å². The highest BCUT2D eigenvalue weighted by Gasteiger charge is 2.49. The van der Waals surface area contributed by atoms with E-state index in [9.17, 15) is 5.11 Å². The second-order valence-electron chi connectivity index (χ2n) is 7.15. The fourth-order valence-corrected chi connectivity index (χ4v) is 3.96. The third kappa shape index (κ3) is 3.13. The molecule has 0 bridgehead atoms. The van der Waals surface area contributed by atoms with E-state index in [-0.39, 0.29) is 5.41 Å². The molecule has 1 fully saturated rings. The van der Waals surface area contributed by atoms with Crippen molar-refractivity contribution in [3.8, 4) is 0 Å². The Kier molecular flexibility index (Phi) is 5.02.